The van der Waals surface area contributed by atoms with Crippen molar-refractivity contribution in [1.82, 2.24) is 0 Å². The van der Waals surface area contributed by atoms with E-state index in [0.717, 1.165) is 0 Å². The van der Waals surface area contributed by atoms with Crippen molar-refractivity contribution in [2.45, 2.75) is 52.7 Å². The SMILES string of the molecule is CC(=O)C(C)(C)OOC(C)(C)C. The average molecular weight is 174 g/mol. The van der Waals surface area contributed by atoms with Crippen LogP contribution in [-0.2, 0) is 14.6 Å². The molecule has 0 spiro atoms. The highest BCUT2D eigenvalue weighted by atomic mass is 17.2. The summed E-state index contributed by atoms with van der Waals surface area (Å²) < 4.78 is 0. The van der Waals surface area contributed by atoms with Crippen molar-refractivity contribution in [1.29, 1.82) is 0 Å². The molecular formula is C9H18O3. The second-order valence-corrected chi connectivity index (χ2v) is 4.35. The normalized spacial score (nSPS) is 13.2. The maximum absolute atomic E-state index is 11.0. The van der Waals surface area contributed by atoms with Gasteiger partial charge in [0.2, 0.25) is 0 Å². The topological polar surface area (TPSA) is 35.5 Å². The van der Waals surface area contributed by atoms with Crippen molar-refractivity contribution in [2.24, 2.45) is 0 Å². The Bertz CT molecular complexity index is 165. The van der Waals surface area contributed by atoms with E-state index < -0.39 is 5.60 Å². The molecule has 0 N–H and O–H groups in total. The molecule has 0 amide bonds. The first-order valence-corrected chi connectivity index (χ1v) is 4.03. The predicted molar refractivity (Wildman–Crippen MR) is 46.7 cm³/mol. The summed E-state index contributed by atoms with van der Waals surface area (Å²) in [5, 5.41) is 0. The minimum absolute atomic E-state index is 0.0493. The molecule has 0 bridgehead atoms. The van der Waals surface area contributed by atoms with Crippen LogP contribution < -0.4 is 0 Å². The lowest BCUT2D eigenvalue weighted by Crippen LogP contribution is -2.36. The molecule has 0 saturated carbocycles. The van der Waals surface area contributed by atoms with E-state index in [1.54, 1.807) is 13.8 Å². The summed E-state index contributed by atoms with van der Waals surface area (Å²) in [6, 6.07) is 0. The first-order valence-electron chi connectivity index (χ1n) is 4.03. The Morgan fingerprint density at radius 2 is 1.42 bits per heavy atom. The Labute approximate surface area is 74.0 Å². The van der Waals surface area contributed by atoms with Crippen LogP contribution in [0.5, 0.6) is 0 Å². The van der Waals surface area contributed by atoms with Gasteiger partial charge < -0.3 is 0 Å². The number of hydrogen-bond acceptors (Lipinski definition) is 3. The summed E-state index contributed by atoms with van der Waals surface area (Å²) in [7, 11) is 0. The summed E-state index contributed by atoms with van der Waals surface area (Å²) in [5.41, 5.74) is -1.24. The highest BCUT2D eigenvalue weighted by molar-refractivity contribution is 5.83. The van der Waals surface area contributed by atoms with Gasteiger partial charge in [-0.2, -0.15) is 0 Å². The minimum atomic E-state index is -0.854. The molecule has 0 atom stereocenters. The van der Waals surface area contributed by atoms with Crippen LogP contribution in [0.3, 0.4) is 0 Å². The molecule has 72 valence electrons. The summed E-state index contributed by atoms with van der Waals surface area (Å²) in [4.78, 5) is 21.0. The molecule has 12 heavy (non-hydrogen) atoms. The van der Waals surface area contributed by atoms with Crippen molar-refractivity contribution in [3.8, 4) is 0 Å². The van der Waals surface area contributed by atoms with E-state index in [1.165, 1.54) is 6.92 Å². The number of ketones is 1. The van der Waals surface area contributed by atoms with E-state index in [4.69, 9.17) is 9.78 Å². The number of carbonyl (C=O) groups excluding carboxylic acids is 1. The van der Waals surface area contributed by atoms with E-state index in [2.05, 4.69) is 0 Å². The molecule has 0 aromatic rings. The molecule has 0 aliphatic carbocycles. The second kappa shape index (κ2) is 3.54. The van der Waals surface area contributed by atoms with Gasteiger partial charge in [-0.3, -0.25) is 4.79 Å². The molecule has 0 fully saturated rings. The van der Waals surface area contributed by atoms with Gasteiger partial charge in [0.05, 0.1) is 5.60 Å². The average Bonchev–Trinajstić information content (AvgIpc) is 1.82. The number of hydrogen-bond donors (Lipinski definition) is 0. The maximum Gasteiger partial charge on any atom is 0.164 e. The largest absolute Gasteiger partial charge is 0.297 e. The van der Waals surface area contributed by atoms with Gasteiger partial charge in [-0.1, -0.05) is 0 Å². The van der Waals surface area contributed by atoms with Gasteiger partial charge in [0.25, 0.3) is 0 Å². The second-order valence-electron chi connectivity index (χ2n) is 4.35. The standard InChI is InChI=1S/C9H18O3/c1-7(10)9(5,6)12-11-8(2,3)4/h1-6H3. The molecule has 0 aliphatic heterocycles. The lowest BCUT2D eigenvalue weighted by atomic mass is 10.1. The fourth-order valence-electron chi connectivity index (χ4n) is 0.288. The molecular weight excluding hydrogens is 156 g/mol. The highest BCUT2D eigenvalue weighted by Gasteiger charge is 2.28. The molecule has 0 saturated heterocycles. The third-order valence-electron chi connectivity index (χ3n) is 1.35. The maximum atomic E-state index is 11.0. The third kappa shape index (κ3) is 4.46. The van der Waals surface area contributed by atoms with E-state index >= 15 is 0 Å². The Morgan fingerprint density at radius 1 is 1.00 bits per heavy atom. The lowest BCUT2D eigenvalue weighted by molar-refractivity contribution is -0.386. The third-order valence-corrected chi connectivity index (χ3v) is 1.35. The first kappa shape index (κ1) is 11.6. The zero-order valence-corrected chi connectivity index (χ0v) is 8.72. The molecule has 3 nitrogen and oxygen atoms in total. The Kier molecular flexibility index (Phi) is 3.42. The van der Waals surface area contributed by atoms with Crippen molar-refractivity contribution in [3.63, 3.8) is 0 Å². The lowest BCUT2D eigenvalue weighted by Gasteiger charge is -2.26. The minimum Gasteiger partial charge on any atom is -0.297 e. The summed E-state index contributed by atoms with van der Waals surface area (Å²) >= 11 is 0. The fraction of sp³-hybridized carbons (Fsp3) is 0.889. The molecule has 3 heteroatoms. The summed E-state index contributed by atoms with van der Waals surface area (Å²) in [6.45, 7) is 10.4. The van der Waals surface area contributed by atoms with Crippen molar-refractivity contribution in [3.05, 3.63) is 0 Å². The number of carbonyl (C=O) groups is 1. The highest BCUT2D eigenvalue weighted by Crippen LogP contribution is 2.16. The molecule has 0 rings (SSSR count). The smallest absolute Gasteiger partial charge is 0.164 e. The molecule has 0 aromatic heterocycles. The van der Waals surface area contributed by atoms with Crippen LogP contribution in [0.2, 0.25) is 0 Å². The zero-order valence-electron chi connectivity index (χ0n) is 8.72. The quantitative estimate of drug-likeness (QED) is 0.485. The van der Waals surface area contributed by atoms with E-state index in [1.807, 2.05) is 20.8 Å². The predicted octanol–water partition coefficient (Wildman–Crippen LogP) is 2.10. The van der Waals surface area contributed by atoms with Crippen LogP contribution in [0.25, 0.3) is 0 Å². The molecule has 0 aromatic carbocycles. The van der Waals surface area contributed by atoms with E-state index in [0.29, 0.717) is 0 Å². The molecule has 0 unspecified atom stereocenters. The molecule has 0 radical (unpaired) electrons. The number of Topliss-reactive ketones (excluding diaryl/α,β-unsaturated/α-hetero) is 1. The Balaban J connectivity index is 4.01. The zero-order chi connectivity index (χ0) is 9.99. The van der Waals surface area contributed by atoms with Crippen LogP contribution >= 0.6 is 0 Å². The van der Waals surface area contributed by atoms with Gasteiger partial charge in [0.15, 0.2) is 11.4 Å². The summed E-state index contributed by atoms with van der Waals surface area (Å²) in [5.74, 6) is -0.0493. The van der Waals surface area contributed by atoms with Crippen LogP contribution in [0.1, 0.15) is 41.5 Å². The summed E-state index contributed by atoms with van der Waals surface area (Å²) in [6.07, 6.45) is 0. The van der Waals surface area contributed by atoms with Gasteiger partial charge >= 0.3 is 0 Å². The molecule has 0 heterocycles. The molecule has 0 aliphatic rings. The van der Waals surface area contributed by atoms with Crippen molar-refractivity contribution >= 4 is 5.78 Å². The first-order chi connectivity index (χ1) is 5.15. The van der Waals surface area contributed by atoms with Crippen LogP contribution in [-0.4, -0.2) is 17.0 Å². The van der Waals surface area contributed by atoms with E-state index in [9.17, 15) is 4.79 Å². The fourth-order valence-corrected chi connectivity index (χ4v) is 0.288. The van der Waals surface area contributed by atoms with Gasteiger partial charge in [-0.05, 0) is 41.5 Å². The van der Waals surface area contributed by atoms with Gasteiger partial charge in [-0.25, -0.2) is 9.78 Å². The van der Waals surface area contributed by atoms with Crippen molar-refractivity contribution in [2.75, 3.05) is 0 Å². The van der Waals surface area contributed by atoms with Gasteiger partial charge in [0, 0.05) is 0 Å². The van der Waals surface area contributed by atoms with Gasteiger partial charge in [0.1, 0.15) is 0 Å². The van der Waals surface area contributed by atoms with Gasteiger partial charge in [-0.15, -0.1) is 0 Å². The monoisotopic (exact) mass is 174 g/mol. The van der Waals surface area contributed by atoms with E-state index in [-0.39, 0.29) is 11.4 Å². The van der Waals surface area contributed by atoms with Crippen LogP contribution in [0, 0.1) is 0 Å². The van der Waals surface area contributed by atoms with Crippen LogP contribution in [0.4, 0.5) is 0 Å². The van der Waals surface area contributed by atoms with Crippen molar-refractivity contribution < 1.29 is 14.6 Å². The Hall–Kier alpha value is -0.410. The Morgan fingerprint density at radius 3 is 1.67 bits per heavy atom. The van der Waals surface area contributed by atoms with Crippen LogP contribution in [0.15, 0.2) is 0 Å². The number of rotatable bonds is 3.